The Bertz CT molecular complexity index is 1280. The standard InChI is InChI=1S/C30H36O6S/c1-22-9-16-26(17-10-22)37(31,32)36-19-7-5-6-8-28-27-18-15-25(34-4)20-29(27)35-21-30(28,2)23-11-13-24(33-3)14-12-23/h9-18,20,28H,5-8,19,21H2,1-4H3. The van der Waals surface area contributed by atoms with Gasteiger partial charge in [0.1, 0.15) is 17.2 Å². The molecule has 3 aromatic carbocycles. The Labute approximate surface area is 220 Å². The molecule has 0 N–H and O–H groups in total. The number of ether oxygens (including phenoxy) is 3. The number of hydrogen-bond acceptors (Lipinski definition) is 6. The summed E-state index contributed by atoms with van der Waals surface area (Å²) in [5.41, 5.74) is 3.16. The zero-order chi connectivity index (χ0) is 26.5. The molecular weight excluding hydrogens is 488 g/mol. The van der Waals surface area contributed by atoms with Gasteiger partial charge in [0.25, 0.3) is 10.1 Å². The fourth-order valence-electron chi connectivity index (χ4n) is 5.03. The van der Waals surface area contributed by atoms with Crippen molar-refractivity contribution in [2.75, 3.05) is 27.4 Å². The van der Waals surface area contributed by atoms with Gasteiger partial charge in [-0.05, 0) is 61.2 Å². The molecule has 1 aliphatic rings. The number of benzene rings is 3. The topological polar surface area (TPSA) is 71.1 Å². The van der Waals surface area contributed by atoms with E-state index in [4.69, 9.17) is 18.4 Å². The van der Waals surface area contributed by atoms with Gasteiger partial charge in [-0.2, -0.15) is 8.42 Å². The van der Waals surface area contributed by atoms with Crippen LogP contribution in [0.3, 0.4) is 0 Å². The summed E-state index contributed by atoms with van der Waals surface area (Å²) in [7, 11) is -0.404. The number of unbranched alkanes of at least 4 members (excludes halogenated alkanes) is 2. The molecule has 0 saturated carbocycles. The van der Waals surface area contributed by atoms with E-state index < -0.39 is 10.1 Å². The van der Waals surface area contributed by atoms with E-state index in [9.17, 15) is 8.42 Å². The number of hydrogen-bond donors (Lipinski definition) is 0. The maximum Gasteiger partial charge on any atom is 0.296 e. The maximum absolute atomic E-state index is 12.4. The fraction of sp³-hybridized carbons (Fsp3) is 0.400. The first-order valence-corrected chi connectivity index (χ1v) is 14.1. The molecule has 0 spiro atoms. The van der Waals surface area contributed by atoms with E-state index in [0.29, 0.717) is 13.0 Å². The first-order valence-electron chi connectivity index (χ1n) is 12.7. The number of rotatable bonds is 11. The zero-order valence-corrected chi connectivity index (χ0v) is 22.8. The van der Waals surface area contributed by atoms with Crippen molar-refractivity contribution >= 4 is 10.1 Å². The minimum absolute atomic E-state index is 0.174. The molecule has 0 saturated heterocycles. The van der Waals surface area contributed by atoms with Gasteiger partial charge in [0, 0.05) is 17.4 Å². The van der Waals surface area contributed by atoms with Crippen molar-refractivity contribution in [1.29, 1.82) is 0 Å². The average molecular weight is 525 g/mol. The van der Waals surface area contributed by atoms with Crippen LogP contribution in [0.5, 0.6) is 17.2 Å². The van der Waals surface area contributed by atoms with Crippen LogP contribution in [0.2, 0.25) is 0 Å². The quantitative estimate of drug-likeness (QED) is 0.213. The van der Waals surface area contributed by atoms with Crippen molar-refractivity contribution in [1.82, 2.24) is 0 Å². The highest BCUT2D eigenvalue weighted by Gasteiger charge is 2.42. The highest BCUT2D eigenvalue weighted by Crippen LogP contribution is 2.49. The van der Waals surface area contributed by atoms with Gasteiger partial charge < -0.3 is 14.2 Å². The Hall–Kier alpha value is -3.03. The number of methoxy groups -OCH3 is 2. The Morgan fingerprint density at radius 1 is 0.892 bits per heavy atom. The molecule has 1 aliphatic heterocycles. The van der Waals surface area contributed by atoms with Crippen molar-refractivity contribution in [3.8, 4) is 17.2 Å². The molecule has 0 bridgehead atoms. The summed E-state index contributed by atoms with van der Waals surface area (Å²) in [4.78, 5) is 0.197. The van der Waals surface area contributed by atoms with Crippen molar-refractivity contribution in [3.05, 3.63) is 83.4 Å². The Kier molecular flexibility index (Phi) is 8.45. The Morgan fingerprint density at radius 2 is 1.57 bits per heavy atom. The van der Waals surface area contributed by atoms with Gasteiger partial charge in [-0.15, -0.1) is 0 Å². The fourth-order valence-corrected chi connectivity index (χ4v) is 5.97. The lowest BCUT2D eigenvalue weighted by Crippen LogP contribution is -2.40. The van der Waals surface area contributed by atoms with Gasteiger partial charge in [-0.3, -0.25) is 4.18 Å². The van der Waals surface area contributed by atoms with Crippen molar-refractivity contribution < 1.29 is 26.8 Å². The molecule has 2 unspecified atom stereocenters. The van der Waals surface area contributed by atoms with Crippen molar-refractivity contribution in [2.45, 2.75) is 55.8 Å². The average Bonchev–Trinajstić information content (AvgIpc) is 2.91. The molecule has 0 fully saturated rings. The van der Waals surface area contributed by atoms with Gasteiger partial charge in [-0.25, -0.2) is 0 Å². The predicted octanol–water partition coefficient (Wildman–Crippen LogP) is 6.41. The largest absolute Gasteiger partial charge is 0.497 e. The lowest BCUT2D eigenvalue weighted by molar-refractivity contribution is 0.161. The second kappa shape index (κ2) is 11.6. The molecule has 2 atom stereocenters. The summed E-state index contributed by atoms with van der Waals surface area (Å²) in [5, 5.41) is 0. The number of aryl methyl sites for hydroxylation is 1. The first-order chi connectivity index (χ1) is 17.8. The lowest BCUT2D eigenvalue weighted by atomic mass is 9.66. The van der Waals surface area contributed by atoms with Crippen LogP contribution >= 0.6 is 0 Å². The van der Waals surface area contributed by atoms with Crippen LogP contribution in [0.25, 0.3) is 0 Å². The molecule has 0 aliphatic carbocycles. The second-order valence-corrected chi connectivity index (χ2v) is 11.4. The van der Waals surface area contributed by atoms with Gasteiger partial charge in [-0.1, -0.05) is 55.7 Å². The third-order valence-corrected chi connectivity index (χ3v) is 8.65. The summed E-state index contributed by atoms with van der Waals surface area (Å²) < 4.78 is 47.2. The minimum Gasteiger partial charge on any atom is -0.497 e. The van der Waals surface area contributed by atoms with E-state index in [2.05, 4.69) is 25.1 Å². The molecular formula is C30H36O6S. The monoisotopic (exact) mass is 524 g/mol. The SMILES string of the molecule is COc1ccc(C2(C)COc3cc(OC)ccc3C2CCCCCOS(=O)(=O)c2ccc(C)cc2)cc1. The third-order valence-electron chi connectivity index (χ3n) is 7.33. The summed E-state index contributed by atoms with van der Waals surface area (Å²) >= 11 is 0. The van der Waals surface area contributed by atoms with Gasteiger partial charge in [0.15, 0.2) is 0 Å². The van der Waals surface area contributed by atoms with Crippen LogP contribution in [0.15, 0.2) is 71.6 Å². The molecule has 7 heteroatoms. The molecule has 3 aromatic rings. The van der Waals surface area contributed by atoms with Gasteiger partial charge >= 0.3 is 0 Å². The maximum atomic E-state index is 12.4. The van der Waals surface area contributed by atoms with Crippen LogP contribution in [0.4, 0.5) is 0 Å². The zero-order valence-electron chi connectivity index (χ0n) is 22.0. The van der Waals surface area contributed by atoms with E-state index in [1.807, 2.05) is 31.2 Å². The summed E-state index contributed by atoms with van der Waals surface area (Å²) in [6.07, 6.45) is 3.42. The van der Waals surface area contributed by atoms with E-state index in [-0.39, 0.29) is 22.8 Å². The molecule has 0 radical (unpaired) electrons. The van der Waals surface area contributed by atoms with Crippen LogP contribution in [0.1, 0.15) is 55.2 Å². The Morgan fingerprint density at radius 3 is 2.24 bits per heavy atom. The molecule has 4 rings (SSSR count). The van der Waals surface area contributed by atoms with Crippen LogP contribution in [-0.4, -0.2) is 35.9 Å². The molecule has 0 aromatic heterocycles. The van der Waals surface area contributed by atoms with Crippen LogP contribution in [-0.2, 0) is 19.7 Å². The molecule has 1 heterocycles. The summed E-state index contributed by atoms with van der Waals surface area (Å²) in [6.45, 7) is 4.91. The predicted molar refractivity (Wildman–Crippen MR) is 144 cm³/mol. The van der Waals surface area contributed by atoms with Crippen LogP contribution in [0, 0.1) is 6.92 Å². The normalized spacial score (nSPS) is 19.1. The summed E-state index contributed by atoms with van der Waals surface area (Å²) in [5.74, 6) is 2.69. The van der Waals surface area contributed by atoms with E-state index in [0.717, 1.165) is 42.1 Å². The first kappa shape index (κ1) is 27.0. The smallest absolute Gasteiger partial charge is 0.296 e. The molecule has 0 amide bonds. The van der Waals surface area contributed by atoms with E-state index >= 15 is 0 Å². The molecule has 6 nitrogen and oxygen atoms in total. The van der Waals surface area contributed by atoms with Crippen molar-refractivity contribution in [2.24, 2.45) is 0 Å². The third kappa shape index (κ3) is 6.11. The summed E-state index contributed by atoms with van der Waals surface area (Å²) in [6, 6.07) is 21.0. The minimum atomic E-state index is -3.73. The lowest BCUT2D eigenvalue weighted by Gasteiger charge is -2.43. The molecule has 37 heavy (non-hydrogen) atoms. The highest BCUT2D eigenvalue weighted by molar-refractivity contribution is 7.86. The van der Waals surface area contributed by atoms with Crippen molar-refractivity contribution in [3.63, 3.8) is 0 Å². The van der Waals surface area contributed by atoms with Gasteiger partial charge in [0.05, 0.1) is 32.3 Å². The van der Waals surface area contributed by atoms with Gasteiger partial charge in [0.2, 0.25) is 0 Å². The Balaban J connectivity index is 1.42. The van der Waals surface area contributed by atoms with Crippen LogP contribution < -0.4 is 14.2 Å². The highest BCUT2D eigenvalue weighted by atomic mass is 32.2. The second-order valence-electron chi connectivity index (χ2n) is 9.83. The van der Waals surface area contributed by atoms with E-state index in [1.54, 1.807) is 38.5 Å². The number of fused-ring (bicyclic) bond motifs is 1. The van der Waals surface area contributed by atoms with E-state index in [1.165, 1.54) is 11.1 Å². The molecule has 198 valence electrons.